The molecule has 1 aliphatic rings. The van der Waals surface area contributed by atoms with Crippen LogP contribution >= 0.6 is 11.8 Å². The van der Waals surface area contributed by atoms with Gasteiger partial charge in [0.15, 0.2) is 5.37 Å². The van der Waals surface area contributed by atoms with Crippen molar-refractivity contribution in [1.29, 1.82) is 0 Å². The first-order valence-corrected chi connectivity index (χ1v) is 37.6. The molecule has 574 valence electrons. The second kappa shape index (κ2) is 41.6. The van der Waals surface area contributed by atoms with Crippen LogP contribution in [0.2, 0.25) is 0 Å². The Morgan fingerprint density at radius 3 is 1.37 bits per heavy atom. The summed E-state index contributed by atoms with van der Waals surface area (Å²) in [5.41, 5.74) is 1.73. The third kappa shape index (κ3) is 25.4. The number of aliphatic hydroxyl groups is 1. The molecule has 4 N–H and O–H groups in total. The highest BCUT2D eigenvalue weighted by Crippen LogP contribution is 2.30. The smallest absolute Gasteiger partial charge is 0.256 e. The fraction of sp³-hybridized carbons (Fsp3) is 0.750. The van der Waals surface area contributed by atoms with Crippen LogP contribution in [0, 0.1) is 41.4 Å². The highest BCUT2D eigenvalue weighted by Gasteiger charge is 2.48. The zero-order chi connectivity index (χ0) is 77.7. The molecular formula is C76H132N12O12S. The van der Waals surface area contributed by atoms with E-state index in [2.05, 4.69) is 29.8 Å². The molecule has 24 nitrogen and oxygen atoms in total. The zero-order valence-corrected chi connectivity index (χ0v) is 67.6. The molecular weight excluding hydrogens is 1300 g/mol. The van der Waals surface area contributed by atoms with E-state index in [9.17, 15) is 19.5 Å². The molecule has 1 aromatic rings. The Morgan fingerprint density at radius 1 is 0.485 bits per heavy atom. The Hall–Kier alpha value is -6.60. The molecule has 0 saturated carbocycles. The number of hydrogen-bond acceptors (Lipinski definition) is 14. The number of carbonyl (C=O) groups excluding carboxylic acids is 11. The van der Waals surface area contributed by atoms with Crippen LogP contribution in [-0.4, -0.2) is 262 Å². The van der Waals surface area contributed by atoms with E-state index in [-0.39, 0.29) is 68.2 Å². The molecule has 0 aromatic heterocycles. The largest absolute Gasteiger partial charge is 0.390 e. The minimum atomic E-state index is -1.65. The number of amides is 11. The van der Waals surface area contributed by atoms with Crippen LogP contribution in [0.15, 0.2) is 36.4 Å². The lowest BCUT2D eigenvalue weighted by Crippen LogP contribution is -2.64. The number of thioether (sulfide) groups is 1. The number of carbonyl (C=O) groups is 11. The van der Waals surface area contributed by atoms with Crippen LogP contribution in [0.25, 0.3) is 0 Å². The Bertz CT molecular complexity index is 2940. The average Bonchev–Trinajstić information content (AvgIpc) is 0.803. The van der Waals surface area contributed by atoms with E-state index in [1.54, 1.807) is 47.6 Å². The molecule has 1 heterocycles. The van der Waals surface area contributed by atoms with Gasteiger partial charge in [0.25, 0.3) is 5.91 Å². The van der Waals surface area contributed by atoms with Gasteiger partial charge in [0.05, 0.1) is 6.10 Å². The molecule has 101 heavy (non-hydrogen) atoms. The normalized spacial score (nSPS) is 25.5. The molecule has 0 spiro atoms. The summed E-state index contributed by atoms with van der Waals surface area (Å²) in [5, 5.41) is 19.5. The molecule has 1 aromatic carbocycles. The van der Waals surface area contributed by atoms with Crippen molar-refractivity contribution in [1.82, 2.24) is 60.0 Å². The SMILES string of the molecule is C/C=C/C[C@@H](C)[C@@H](O)[C@H]1C(=O)N[C@@H](CC)C(=O)N(C)[C@@H](SCCN(C)C)C(=O)N(C)[C@@H](CC(C)C)C(=O)N(Cc2ccc(C(C)C)cc2)[C@H](C(C)C)C(=O)N(C)[C@@H](CC(C)C)C(=O)N[C@@H](C)C(=O)N[C@H](C)C(=O)N(C)[C@@H](CC(C)C)C(=O)N(C)[C@@H](CC(C)C)C(=O)N(C)[C@@H](C(C)C)C(=O)N1C. The fourth-order valence-corrected chi connectivity index (χ4v) is 14.3. The van der Waals surface area contributed by atoms with Crippen LogP contribution in [-0.2, 0) is 59.3 Å². The highest BCUT2D eigenvalue weighted by molar-refractivity contribution is 8.00. The Kier molecular flexibility index (Phi) is 37.3. The van der Waals surface area contributed by atoms with Gasteiger partial charge in [0.1, 0.15) is 60.4 Å². The molecule has 0 bridgehead atoms. The first kappa shape index (κ1) is 90.5. The van der Waals surface area contributed by atoms with Crippen LogP contribution < -0.4 is 16.0 Å². The Morgan fingerprint density at radius 2 is 0.911 bits per heavy atom. The molecule has 13 atom stereocenters. The van der Waals surface area contributed by atoms with Crippen molar-refractivity contribution < 1.29 is 57.8 Å². The first-order chi connectivity index (χ1) is 46.8. The van der Waals surface area contributed by atoms with Crippen molar-refractivity contribution in [3.05, 3.63) is 47.5 Å². The summed E-state index contributed by atoms with van der Waals surface area (Å²) in [5.74, 6) is -9.33. The number of nitrogens with zero attached hydrogens (tertiary/aromatic N) is 9. The van der Waals surface area contributed by atoms with E-state index in [1.165, 1.54) is 109 Å². The van der Waals surface area contributed by atoms with Gasteiger partial charge < -0.3 is 65.2 Å². The quantitative estimate of drug-likeness (QED) is 0.0858. The summed E-state index contributed by atoms with van der Waals surface area (Å²) < 4.78 is 0. The van der Waals surface area contributed by atoms with Crippen molar-refractivity contribution in [2.45, 2.75) is 254 Å². The Labute approximate surface area is 610 Å². The minimum absolute atomic E-state index is 0.00662. The van der Waals surface area contributed by atoms with Crippen LogP contribution in [0.4, 0.5) is 0 Å². The predicted molar refractivity (Wildman–Crippen MR) is 401 cm³/mol. The Balaban J connectivity index is 3.29. The number of rotatable bonds is 22. The van der Waals surface area contributed by atoms with E-state index in [4.69, 9.17) is 0 Å². The first-order valence-electron chi connectivity index (χ1n) is 36.6. The summed E-state index contributed by atoms with van der Waals surface area (Å²) in [4.78, 5) is 180. The fourth-order valence-electron chi connectivity index (χ4n) is 12.9. The van der Waals surface area contributed by atoms with Gasteiger partial charge in [-0.1, -0.05) is 147 Å². The zero-order valence-electron chi connectivity index (χ0n) is 66.7. The molecule has 11 amide bonds. The number of allylic oxidation sites excluding steroid dienone is 2. The van der Waals surface area contributed by atoms with Gasteiger partial charge in [0.2, 0.25) is 59.1 Å². The van der Waals surface area contributed by atoms with E-state index in [0.717, 1.165) is 10.5 Å². The molecule has 0 radical (unpaired) electrons. The molecule has 2 rings (SSSR count). The van der Waals surface area contributed by atoms with Gasteiger partial charge >= 0.3 is 0 Å². The molecule has 1 aliphatic heterocycles. The van der Waals surface area contributed by atoms with Crippen LogP contribution in [0.5, 0.6) is 0 Å². The van der Waals surface area contributed by atoms with Crippen LogP contribution in [0.3, 0.4) is 0 Å². The van der Waals surface area contributed by atoms with Crippen LogP contribution in [0.1, 0.15) is 187 Å². The summed E-state index contributed by atoms with van der Waals surface area (Å²) >= 11 is 1.17. The van der Waals surface area contributed by atoms with Crippen molar-refractivity contribution >= 4 is 76.7 Å². The van der Waals surface area contributed by atoms with E-state index < -0.39 is 155 Å². The number of likely N-dealkylation sites (N-methyl/N-ethyl adjacent to an activating group) is 7. The molecule has 25 heteroatoms. The summed E-state index contributed by atoms with van der Waals surface area (Å²) in [6.07, 6.45) is 2.91. The predicted octanol–water partition coefficient (Wildman–Crippen LogP) is 6.93. The number of nitrogens with one attached hydrogen (secondary N) is 3. The lowest BCUT2D eigenvalue weighted by molar-refractivity contribution is -0.157. The van der Waals surface area contributed by atoms with E-state index in [1.807, 2.05) is 112 Å². The van der Waals surface area contributed by atoms with Gasteiger partial charge in [0, 0.05) is 68.2 Å². The van der Waals surface area contributed by atoms with E-state index in [0.29, 0.717) is 24.3 Å². The average molecular weight is 1440 g/mol. The second-order valence-electron chi connectivity index (χ2n) is 31.1. The van der Waals surface area contributed by atoms with E-state index >= 15 is 38.4 Å². The number of aliphatic hydroxyl groups excluding tert-OH is 1. The number of hydrogen-bond donors (Lipinski definition) is 4. The monoisotopic (exact) mass is 1440 g/mol. The minimum Gasteiger partial charge on any atom is -0.390 e. The summed E-state index contributed by atoms with van der Waals surface area (Å²) in [7, 11) is 13.9. The summed E-state index contributed by atoms with van der Waals surface area (Å²) in [6.45, 7) is 34.9. The third-order valence-corrected chi connectivity index (χ3v) is 20.5. The maximum absolute atomic E-state index is 16.2. The highest BCUT2D eigenvalue weighted by atomic mass is 32.2. The second-order valence-corrected chi connectivity index (χ2v) is 32.3. The topological polar surface area (TPSA) is 273 Å². The number of benzene rings is 1. The molecule has 1 saturated heterocycles. The summed E-state index contributed by atoms with van der Waals surface area (Å²) in [6, 6.07) is -5.02. The molecule has 1 fully saturated rings. The van der Waals surface area contributed by atoms with Crippen molar-refractivity contribution in [3.63, 3.8) is 0 Å². The van der Waals surface area contributed by atoms with Gasteiger partial charge in [-0.25, -0.2) is 0 Å². The lowest BCUT2D eigenvalue weighted by atomic mass is 9.91. The third-order valence-electron chi connectivity index (χ3n) is 19.3. The lowest BCUT2D eigenvalue weighted by Gasteiger charge is -2.42. The van der Waals surface area contributed by atoms with Gasteiger partial charge in [-0.3, -0.25) is 52.7 Å². The van der Waals surface area contributed by atoms with Gasteiger partial charge in [-0.2, -0.15) is 0 Å². The maximum Gasteiger partial charge on any atom is 0.256 e. The van der Waals surface area contributed by atoms with Gasteiger partial charge in [-0.15, -0.1) is 11.8 Å². The van der Waals surface area contributed by atoms with Crippen molar-refractivity contribution in [2.24, 2.45) is 41.4 Å². The van der Waals surface area contributed by atoms with Crippen molar-refractivity contribution in [2.75, 3.05) is 75.7 Å². The molecule has 0 aliphatic carbocycles. The standard InChI is InChI=1S/C76H132N12O12S/c1-29-31-32-51(17)64(89)63-67(92)79-56(30-2)69(94)87(28)76(101-38-37-80(20)21)75(100)84(25)60(42-47(9)10)72(97)88(43-54-33-35-55(36-34-54)48(11)12)62(50(15)16)74(99)81(22)57(39-44(3)4)66(91)77-52(18)65(90)78-53(19)68(93)82(23)58(40-45(5)6)70(95)83(24)59(41-46(7)8)71(96)85(26)61(49(13)14)73(98)86(63)27/h29,31,33-36,44-53,56-64,76,89H,30,32,37-43H2,1-28H3,(H,77,91)(H,78,90)(H,79,92)/b31-29+/t51-,52+,53-,56+,57+,58+,59+,60+,61+,62-,63+,64-,76+/m1/s1. The van der Waals surface area contributed by atoms with Gasteiger partial charge in [-0.05, 0) is 132 Å². The molecule has 0 unspecified atom stereocenters. The van der Waals surface area contributed by atoms with Crippen molar-refractivity contribution in [3.8, 4) is 0 Å². The maximum atomic E-state index is 16.2.